The summed E-state index contributed by atoms with van der Waals surface area (Å²) in [4.78, 5) is 0. The number of nitrogens with one attached hydrogen (secondary N) is 1. The van der Waals surface area contributed by atoms with Gasteiger partial charge in [0.25, 0.3) is 0 Å². The van der Waals surface area contributed by atoms with Crippen molar-refractivity contribution < 1.29 is 9.47 Å². The predicted octanol–water partition coefficient (Wildman–Crippen LogP) is 2.91. The molecule has 0 saturated carbocycles. The molecule has 0 aliphatic rings. The highest BCUT2D eigenvalue weighted by atomic mass is 35.5. The van der Waals surface area contributed by atoms with Crippen LogP contribution in [-0.4, -0.2) is 27.3 Å². The number of nitrogens with two attached hydrogens (primary N) is 1. The maximum absolute atomic E-state index is 6.39. The van der Waals surface area contributed by atoms with Crippen molar-refractivity contribution in [3.8, 4) is 11.5 Å². The molecule has 0 spiro atoms. The molecule has 0 saturated heterocycles. The van der Waals surface area contributed by atoms with Crippen LogP contribution in [-0.2, 0) is 0 Å². The first-order valence-corrected chi connectivity index (χ1v) is 7.02. The van der Waals surface area contributed by atoms with Gasteiger partial charge in [0.15, 0.2) is 11.5 Å². The van der Waals surface area contributed by atoms with Gasteiger partial charge in [0.05, 0.1) is 19.2 Å². The molecule has 1 unspecified atom stereocenters. The summed E-state index contributed by atoms with van der Waals surface area (Å²) in [6.45, 7) is 3.31. The quantitative estimate of drug-likeness (QED) is 0.572. The molecular weight excluding hydrogens is 276 g/mol. The summed E-state index contributed by atoms with van der Waals surface area (Å²) in [6.07, 6.45) is 5.09. The Balaban J connectivity index is 2.92. The lowest BCUT2D eigenvalue weighted by Gasteiger charge is -2.20. The van der Waals surface area contributed by atoms with E-state index in [4.69, 9.17) is 26.8 Å². The number of ether oxygens (including phenoxy) is 2. The number of halogens is 1. The molecule has 0 fully saturated rings. The first-order valence-electron chi connectivity index (χ1n) is 6.64. The third-order valence-corrected chi connectivity index (χ3v) is 3.45. The van der Waals surface area contributed by atoms with Crippen molar-refractivity contribution in [1.82, 2.24) is 5.32 Å². The summed E-state index contributed by atoms with van der Waals surface area (Å²) in [5.74, 6) is 1.16. The minimum atomic E-state index is -0.00689. The second-order valence-corrected chi connectivity index (χ2v) is 4.68. The van der Waals surface area contributed by atoms with E-state index in [9.17, 15) is 0 Å². The average Bonchev–Trinajstić information content (AvgIpc) is 2.47. The summed E-state index contributed by atoms with van der Waals surface area (Å²) in [5, 5.41) is 3.94. The number of rotatable bonds is 8. The van der Waals surface area contributed by atoms with Crippen LogP contribution in [0.15, 0.2) is 24.3 Å². The molecule has 1 aromatic carbocycles. The van der Waals surface area contributed by atoms with E-state index in [1.807, 2.05) is 25.1 Å². The number of benzene rings is 1. The van der Waals surface area contributed by atoms with Crippen LogP contribution in [0.4, 0.5) is 0 Å². The zero-order valence-corrected chi connectivity index (χ0v) is 13.0. The highest BCUT2D eigenvalue weighted by Gasteiger charge is 2.18. The van der Waals surface area contributed by atoms with E-state index in [2.05, 4.69) is 11.4 Å². The van der Waals surface area contributed by atoms with Gasteiger partial charge in [0.1, 0.15) is 0 Å². The minimum Gasteiger partial charge on any atom is -0.493 e. The number of methoxy groups -OCH3 is 2. The molecule has 5 heteroatoms. The van der Waals surface area contributed by atoms with Gasteiger partial charge in [-0.05, 0) is 31.5 Å². The maximum atomic E-state index is 6.39. The largest absolute Gasteiger partial charge is 0.493 e. The fourth-order valence-corrected chi connectivity index (χ4v) is 2.37. The van der Waals surface area contributed by atoms with Gasteiger partial charge in [0.2, 0.25) is 0 Å². The fraction of sp³-hybridized carbons (Fsp3) is 0.467. The maximum Gasteiger partial charge on any atom is 0.179 e. The number of hydrogen-bond acceptors (Lipinski definition) is 4. The summed E-state index contributed by atoms with van der Waals surface area (Å²) in [5.41, 5.74) is 6.76. The SMILES string of the molecule is C/C=C/CCNC(CN)c1ccc(OC)c(OC)c1Cl. The molecule has 0 aliphatic heterocycles. The molecule has 0 aromatic heterocycles. The van der Waals surface area contributed by atoms with Crippen LogP contribution in [0.5, 0.6) is 11.5 Å². The molecule has 0 bridgehead atoms. The Morgan fingerprint density at radius 2 is 2.10 bits per heavy atom. The van der Waals surface area contributed by atoms with E-state index in [1.54, 1.807) is 14.2 Å². The van der Waals surface area contributed by atoms with Crippen molar-refractivity contribution in [3.63, 3.8) is 0 Å². The topological polar surface area (TPSA) is 56.5 Å². The molecule has 4 nitrogen and oxygen atoms in total. The average molecular weight is 299 g/mol. The third kappa shape index (κ3) is 4.13. The van der Waals surface area contributed by atoms with Crippen molar-refractivity contribution in [2.75, 3.05) is 27.3 Å². The summed E-state index contributed by atoms with van der Waals surface area (Å²) >= 11 is 6.39. The normalized spacial score (nSPS) is 12.7. The molecule has 20 heavy (non-hydrogen) atoms. The Kier molecular flexibility index (Phi) is 7.44. The second-order valence-electron chi connectivity index (χ2n) is 4.30. The van der Waals surface area contributed by atoms with Gasteiger partial charge in [-0.1, -0.05) is 29.8 Å². The van der Waals surface area contributed by atoms with Crippen LogP contribution >= 0.6 is 11.6 Å². The summed E-state index contributed by atoms with van der Waals surface area (Å²) < 4.78 is 10.5. The molecule has 0 heterocycles. The van der Waals surface area contributed by atoms with Crippen molar-refractivity contribution >= 4 is 11.6 Å². The van der Waals surface area contributed by atoms with E-state index >= 15 is 0 Å². The Bertz CT molecular complexity index is 450. The lowest BCUT2D eigenvalue weighted by atomic mass is 10.1. The molecule has 1 rings (SSSR count). The Hall–Kier alpha value is -1.23. The Morgan fingerprint density at radius 1 is 1.35 bits per heavy atom. The standard InChI is InChI=1S/C15H23ClN2O2/c1-4-5-6-9-18-12(10-17)11-7-8-13(19-2)15(20-3)14(11)16/h4-5,7-8,12,18H,6,9-10,17H2,1-3H3/b5-4+. The molecule has 112 valence electrons. The number of allylic oxidation sites excluding steroid dienone is 1. The van der Waals surface area contributed by atoms with E-state index in [0.29, 0.717) is 23.1 Å². The summed E-state index contributed by atoms with van der Waals surface area (Å²) in [7, 11) is 3.16. The van der Waals surface area contributed by atoms with Crippen LogP contribution in [0.25, 0.3) is 0 Å². The zero-order chi connectivity index (χ0) is 15.0. The molecule has 0 amide bonds. The van der Waals surface area contributed by atoms with E-state index in [1.165, 1.54) is 0 Å². The first kappa shape index (κ1) is 16.8. The van der Waals surface area contributed by atoms with Crippen LogP contribution in [0, 0.1) is 0 Å². The van der Waals surface area contributed by atoms with Gasteiger partial charge >= 0.3 is 0 Å². The van der Waals surface area contributed by atoms with Gasteiger partial charge in [-0.15, -0.1) is 0 Å². The van der Waals surface area contributed by atoms with Crippen LogP contribution in [0.1, 0.15) is 24.9 Å². The lowest BCUT2D eigenvalue weighted by Crippen LogP contribution is -2.29. The Morgan fingerprint density at radius 3 is 2.65 bits per heavy atom. The highest BCUT2D eigenvalue weighted by Crippen LogP contribution is 2.39. The molecule has 0 radical (unpaired) electrons. The lowest BCUT2D eigenvalue weighted by molar-refractivity contribution is 0.354. The molecule has 0 aliphatic carbocycles. The van der Waals surface area contributed by atoms with Crippen LogP contribution in [0.2, 0.25) is 5.02 Å². The van der Waals surface area contributed by atoms with Gasteiger partial charge in [-0.2, -0.15) is 0 Å². The molecule has 1 aromatic rings. The van der Waals surface area contributed by atoms with Crippen molar-refractivity contribution in [3.05, 3.63) is 34.9 Å². The smallest absolute Gasteiger partial charge is 0.179 e. The Labute approximate surface area is 125 Å². The van der Waals surface area contributed by atoms with Crippen molar-refractivity contribution in [1.29, 1.82) is 0 Å². The summed E-state index contributed by atoms with van der Waals surface area (Å²) in [6, 6.07) is 3.76. The minimum absolute atomic E-state index is 0.00689. The zero-order valence-electron chi connectivity index (χ0n) is 12.3. The monoisotopic (exact) mass is 298 g/mol. The molecule has 1 atom stereocenters. The fourth-order valence-electron chi connectivity index (χ4n) is 2.00. The van der Waals surface area contributed by atoms with Gasteiger partial charge < -0.3 is 20.5 Å². The highest BCUT2D eigenvalue weighted by molar-refractivity contribution is 6.33. The molecular formula is C15H23ClN2O2. The van der Waals surface area contributed by atoms with Gasteiger partial charge in [-0.3, -0.25) is 0 Å². The van der Waals surface area contributed by atoms with Crippen molar-refractivity contribution in [2.24, 2.45) is 5.73 Å². The molecule has 3 N–H and O–H groups in total. The predicted molar refractivity (Wildman–Crippen MR) is 83.8 cm³/mol. The van der Waals surface area contributed by atoms with E-state index in [-0.39, 0.29) is 6.04 Å². The van der Waals surface area contributed by atoms with Crippen molar-refractivity contribution in [2.45, 2.75) is 19.4 Å². The first-order chi connectivity index (χ1) is 9.69. The third-order valence-electron chi connectivity index (χ3n) is 3.06. The number of hydrogen-bond donors (Lipinski definition) is 2. The second kappa shape index (κ2) is 8.84. The van der Waals surface area contributed by atoms with Gasteiger partial charge in [-0.25, -0.2) is 0 Å². The van der Waals surface area contributed by atoms with Crippen LogP contribution in [0.3, 0.4) is 0 Å². The van der Waals surface area contributed by atoms with Crippen LogP contribution < -0.4 is 20.5 Å². The van der Waals surface area contributed by atoms with E-state index < -0.39 is 0 Å². The van der Waals surface area contributed by atoms with E-state index in [0.717, 1.165) is 18.5 Å². The van der Waals surface area contributed by atoms with Gasteiger partial charge in [0, 0.05) is 12.6 Å².